The van der Waals surface area contributed by atoms with Crippen LogP contribution in [0.1, 0.15) is 60.2 Å². The topological polar surface area (TPSA) is 98.8 Å². The van der Waals surface area contributed by atoms with Crippen molar-refractivity contribution in [3.63, 3.8) is 0 Å². The minimum atomic E-state index is -3.57. The van der Waals surface area contributed by atoms with Gasteiger partial charge in [-0.05, 0) is 75.2 Å². The molecule has 0 radical (unpaired) electrons. The first-order valence-electron chi connectivity index (χ1n) is 11.4. The van der Waals surface area contributed by atoms with E-state index in [1.54, 1.807) is 12.1 Å². The molecule has 0 bridgehead atoms. The number of nitrogens with zero attached hydrogens (tertiary/aromatic N) is 2. The number of benzene rings is 2. The molecule has 0 aromatic heterocycles. The standard InChI is InChI=1S/C24H32N4O4S/c1-3-27(4-2)21-13-9-19(10-14-21)23(29)25-26-24(30)20-11-15-22(16-12-20)33(31,32)28-17-7-5-6-8-18-28/h9-16H,3-8,17-18H2,1-2H3,(H,25,29)(H,26,30). The summed E-state index contributed by atoms with van der Waals surface area (Å²) in [5.41, 5.74) is 6.47. The molecule has 3 rings (SSSR count). The number of anilines is 1. The zero-order valence-corrected chi connectivity index (χ0v) is 20.0. The summed E-state index contributed by atoms with van der Waals surface area (Å²) in [6.07, 6.45) is 3.79. The summed E-state index contributed by atoms with van der Waals surface area (Å²) in [6, 6.07) is 12.9. The summed E-state index contributed by atoms with van der Waals surface area (Å²) in [5.74, 6) is -0.961. The second-order valence-corrected chi connectivity index (χ2v) is 9.91. The Bertz CT molecular complexity index is 1040. The third kappa shape index (κ3) is 6.11. The quantitative estimate of drug-likeness (QED) is 0.603. The van der Waals surface area contributed by atoms with E-state index in [4.69, 9.17) is 0 Å². The van der Waals surface area contributed by atoms with E-state index in [0.717, 1.165) is 44.5 Å². The van der Waals surface area contributed by atoms with Crippen molar-refractivity contribution < 1.29 is 18.0 Å². The summed E-state index contributed by atoms with van der Waals surface area (Å²) in [5, 5.41) is 0. The average molecular weight is 473 g/mol. The lowest BCUT2D eigenvalue weighted by atomic mass is 10.2. The van der Waals surface area contributed by atoms with Gasteiger partial charge in [0.15, 0.2) is 0 Å². The summed E-state index contributed by atoms with van der Waals surface area (Å²) >= 11 is 0. The van der Waals surface area contributed by atoms with Gasteiger partial charge in [-0.3, -0.25) is 20.4 Å². The first kappa shape index (κ1) is 24.7. The molecule has 2 N–H and O–H groups in total. The Labute approximate surface area is 196 Å². The lowest BCUT2D eigenvalue weighted by Crippen LogP contribution is -2.41. The van der Waals surface area contributed by atoms with Crippen molar-refractivity contribution in [2.75, 3.05) is 31.1 Å². The maximum Gasteiger partial charge on any atom is 0.269 e. The lowest BCUT2D eigenvalue weighted by Gasteiger charge is -2.21. The molecule has 1 heterocycles. The predicted molar refractivity (Wildman–Crippen MR) is 129 cm³/mol. The molecule has 8 nitrogen and oxygen atoms in total. The maximum atomic E-state index is 12.9. The van der Waals surface area contributed by atoms with E-state index in [1.807, 2.05) is 12.1 Å². The normalized spacial score (nSPS) is 14.8. The van der Waals surface area contributed by atoms with Gasteiger partial charge < -0.3 is 4.90 Å². The Hall–Kier alpha value is -2.91. The van der Waals surface area contributed by atoms with Crippen molar-refractivity contribution in [2.24, 2.45) is 0 Å². The van der Waals surface area contributed by atoms with Crippen molar-refractivity contribution in [3.05, 3.63) is 59.7 Å². The lowest BCUT2D eigenvalue weighted by molar-refractivity contribution is 0.0846. The number of carbonyl (C=O) groups is 2. The molecule has 2 aromatic rings. The van der Waals surface area contributed by atoms with Crippen LogP contribution in [0.15, 0.2) is 53.4 Å². The molecule has 1 saturated heterocycles. The number of hydrogen-bond acceptors (Lipinski definition) is 5. The molecular formula is C24H32N4O4S. The Kier molecular flexibility index (Phi) is 8.46. The molecule has 0 aliphatic carbocycles. The molecule has 2 aromatic carbocycles. The average Bonchev–Trinajstić information content (AvgIpc) is 3.14. The molecule has 1 fully saturated rings. The van der Waals surface area contributed by atoms with E-state index < -0.39 is 21.8 Å². The second kappa shape index (κ2) is 11.3. The molecule has 0 spiro atoms. The molecule has 0 saturated carbocycles. The highest BCUT2D eigenvalue weighted by Crippen LogP contribution is 2.20. The summed E-state index contributed by atoms with van der Waals surface area (Å²) in [4.78, 5) is 27.1. The highest BCUT2D eigenvalue weighted by Gasteiger charge is 2.25. The van der Waals surface area contributed by atoms with Gasteiger partial charge in [0, 0.05) is 43.0 Å². The van der Waals surface area contributed by atoms with Crippen LogP contribution in [0.3, 0.4) is 0 Å². The van der Waals surface area contributed by atoms with Gasteiger partial charge in [-0.15, -0.1) is 0 Å². The Morgan fingerprint density at radius 1 is 0.788 bits per heavy atom. The van der Waals surface area contributed by atoms with Gasteiger partial charge in [0.1, 0.15) is 0 Å². The van der Waals surface area contributed by atoms with Gasteiger partial charge in [-0.25, -0.2) is 8.42 Å². The summed E-state index contributed by atoms with van der Waals surface area (Å²) in [6.45, 7) is 6.92. The Morgan fingerprint density at radius 2 is 1.24 bits per heavy atom. The third-order valence-corrected chi connectivity index (χ3v) is 7.78. The highest BCUT2D eigenvalue weighted by molar-refractivity contribution is 7.89. The van der Waals surface area contributed by atoms with Crippen LogP contribution < -0.4 is 15.8 Å². The SMILES string of the molecule is CCN(CC)c1ccc(C(=O)NNC(=O)c2ccc(S(=O)(=O)N3CCCCCC3)cc2)cc1. The van der Waals surface area contributed by atoms with Crippen LogP contribution in [0.25, 0.3) is 0 Å². The maximum absolute atomic E-state index is 12.9. The van der Waals surface area contributed by atoms with Crippen LogP contribution in [0, 0.1) is 0 Å². The zero-order chi connectivity index (χ0) is 23.8. The molecule has 178 valence electrons. The first-order valence-corrected chi connectivity index (χ1v) is 12.9. The minimum Gasteiger partial charge on any atom is -0.372 e. The fourth-order valence-corrected chi connectivity index (χ4v) is 5.40. The van der Waals surface area contributed by atoms with Crippen molar-refractivity contribution >= 4 is 27.5 Å². The van der Waals surface area contributed by atoms with Crippen molar-refractivity contribution in [1.29, 1.82) is 0 Å². The molecule has 2 amide bonds. The fraction of sp³-hybridized carbons (Fsp3) is 0.417. The van der Waals surface area contributed by atoms with E-state index in [0.29, 0.717) is 18.7 Å². The largest absolute Gasteiger partial charge is 0.372 e. The van der Waals surface area contributed by atoms with Crippen molar-refractivity contribution in [3.8, 4) is 0 Å². The zero-order valence-electron chi connectivity index (χ0n) is 19.2. The molecule has 0 unspecified atom stereocenters. The molecule has 33 heavy (non-hydrogen) atoms. The van der Waals surface area contributed by atoms with E-state index in [-0.39, 0.29) is 10.5 Å². The number of hydrazine groups is 1. The van der Waals surface area contributed by atoms with Gasteiger partial charge in [-0.2, -0.15) is 4.31 Å². The number of sulfonamides is 1. The molecule has 0 atom stereocenters. The molecule has 9 heteroatoms. The number of rotatable bonds is 7. The number of hydrogen-bond donors (Lipinski definition) is 2. The van der Waals surface area contributed by atoms with E-state index >= 15 is 0 Å². The van der Waals surface area contributed by atoms with E-state index in [1.165, 1.54) is 28.6 Å². The van der Waals surface area contributed by atoms with Gasteiger partial charge in [0.2, 0.25) is 10.0 Å². The van der Waals surface area contributed by atoms with Crippen LogP contribution in [-0.4, -0.2) is 50.7 Å². The summed E-state index contributed by atoms with van der Waals surface area (Å²) < 4.78 is 27.2. The summed E-state index contributed by atoms with van der Waals surface area (Å²) in [7, 11) is -3.57. The van der Waals surface area contributed by atoms with Crippen LogP contribution in [0.2, 0.25) is 0 Å². The predicted octanol–water partition coefficient (Wildman–Crippen LogP) is 3.17. The molecule has 1 aliphatic rings. The molecule has 1 aliphatic heterocycles. The van der Waals surface area contributed by atoms with Crippen molar-refractivity contribution in [1.82, 2.24) is 15.2 Å². The smallest absolute Gasteiger partial charge is 0.269 e. The number of amides is 2. The van der Waals surface area contributed by atoms with Gasteiger partial charge in [-0.1, -0.05) is 12.8 Å². The van der Waals surface area contributed by atoms with Gasteiger partial charge in [0.05, 0.1) is 4.90 Å². The number of carbonyl (C=O) groups excluding carboxylic acids is 2. The van der Waals surface area contributed by atoms with Gasteiger partial charge in [0.25, 0.3) is 11.8 Å². The van der Waals surface area contributed by atoms with E-state index in [9.17, 15) is 18.0 Å². The van der Waals surface area contributed by atoms with Crippen LogP contribution in [0.5, 0.6) is 0 Å². The highest BCUT2D eigenvalue weighted by atomic mass is 32.2. The van der Waals surface area contributed by atoms with E-state index in [2.05, 4.69) is 29.6 Å². The Morgan fingerprint density at radius 3 is 1.70 bits per heavy atom. The van der Waals surface area contributed by atoms with Crippen LogP contribution in [-0.2, 0) is 10.0 Å². The number of nitrogens with one attached hydrogen (secondary N) is 2. The van der Waals surface area contributed by atoms with Gasteiger partial charge >= 0.3 is 0 Å². The Balaban J connectivity index is 1.59. The fourth-order valence-electron chi connectivity index (χ4n) is 3.88. The minimum absolute atomic E-state index is 0.165. The first-order chi connectivity index (χ1) is 15.9. The molecular weight excluding hydrogens is 440 g/mol. The third-order valence-electron chi connectivity index (χ3n) is 5.87. The second-order valence-electron chi connectivity index (χ2n) is 7.97. The van der Waals surface area contributed by atoms with Crippen molar-refractivity contribution in [2.45, 2.75) is 44.4 Å². The monoisotopic (exact) mass is 472 g/mol. The van der Waals surface area contributed by atoms with Crippen LogP contribution >= 0.6 is 0 Å². The van der Waals surface area contributed by atoms with Crippen LogP contribution in [0.4, 0.5) is 5.69 Å².